The van der Waals surface area contributed by atoms with Crippen molar-refractivity contribution in [1.29, 1.82) is 0 Å². The van der Waals surface area contributed by atoms with Crippen LogP contribution in [0.2, 0.25) is 0 Å². The number of carbonyl (C=O) groups excluding carboxylic acids is 4. The van der Waals surface area contributed by atoms with E-state index in [-0.39, 0.29) is 17.5 Å². The van der Waals surface area contributed by atoms with Gasteiger partial charge in [0.15, 0.2) is 11.5 Å². The maximum Gasteiger partial charge on any atom is 0.273 e. The second kappa shape index (κ2) is 10.5. The maximum atomic E-state index is 13.7. The Kier molecular flexibility index (Phi) is 7.24. The topological polar surface area (TPSA) is 105 Å². The van der Waals surface area contributed by atoms with Crippen LogP contribution in [0.1, 0.15) is 38.3 Å². The molecule has 0 aliphatic carbocycles. The lowest BCUT2D eigenvalue weighted by Gasteiger charge is -2.28. The zero-order chi connectivity index (χ0) is 26.7. The number of nitrogens with one attached hydrogen (secondary N) is 1. The minimum Gasteiger partial charge on any atom is -0.493 e. The summed E-state index contributed by atoms with van der Waals surface area (Å²) in [5.41, 5.74) is 5.32. The molecule has 1 saturated heterocycles. The molecule has 1 atom stereocenters. The van der Waals surface area contributed by atoms with Gasteiger partial charge in [0.05, 0.1) is 26.3 Å². The van der Waals surface area contributed by atoms with E-state index in [1.165, 1.54) is 26.4 Å². The van der Waals surface area contributed by atoms with E-state index >= 15 is 0 Å². The van der Waals surface area contributed by atoms with Gasteiger partial charge in [0.2, 0.25) is 5.91 Å². The Morgan fingerprint density at radius 3 is 2.22 bits per heavy atom. The molecule has 1 heterocycles. The quantitative estimate of drug-likeness (QED) is 0.410. The summed E-state index contributed by atoms with van der Waals surface area (Å²) in [4.78, 5) is 54.3. The van der Waals surface area contributed by atoms with E-state index in [0.717, 1.165) is 21.0 Å². The summed E-state index contributed by atoms with van der Waals surface area (Å²) in [6.45, 7) is 3.81. The molecule has 9 heteroatoms. The zero-order valence-electron chi connectivity index (χ0n) is 21.0. The highest BCUT2D eigenvalue weighted by Gasteiger charge is 2.45. The second-order valence-electron chi connectivity index (χ2n) is 8.61. The van der Waals surface area contributed by atoms with Crippen LogP contribution in [-0.2, 0) is 9.59 Å². The van der Waals surface area contributed by atoms with Gasteiger partial charge in [0.1, 0.15) is 6.04 Å². The van der Waals surface area contributed by atoms with Gasteiger partial charge in [-0.2, -0.15) is 0 Å². The first-order valence-corrected chi connectivity index (χ1v) is 11.6. The highest BCUT2D eigenvalue weighted by atomic mass is 16.5. The van der Waals surface area contributed by atoms with Crippen molar-refractivity contribution in [2.45, 2.75) is 26.3 Å². The standard InChI is InChI=1S/C28H27N3O6/c1-17-10-12-21(14-18(17)2)30-25(32)16-22(28(30)35)31(29-26(33)19-8-6-5-7-9-19)27(34)20-11-13-23(36-3)24(15-20)37-4/h5-15,22H,16H2,1-4H3,(H,29,33). The van der Waals surface area contributed by atoms with Crippen molar-refractivity contribution in [3.63, 3.8) is 0 Å². The molecule has 1 N–H and O–H groups in total. The summed E-state index contributed by atoms with van der Waals surface area (Å²) in [7, 11) is 2.90. The number of hydrogen-bond acceptors (Lipinski definition) is 6. The van der Waals surface area contributed by atoms with Crippen LogP contribution in [0.25, 0.3) is 0 Å². The van der Waals surface area contributed by atoms with Crippen LogP contribution in [0, 0.1) is 13.8 Å². The van der Waals surface area contributed by atoms with E-state index in [9.17, 15) is 19.2 Å². The second-order valence-corrected chi connectivity index (χ2v) is 8.61. The Balaban J connectivity index is 1.72. The molecule has 0 saturated carbocycles. The predicted molar refractivity (Wildman–Crippen MR) is 136 cm³/mol. The van der Waals surface area contributed by atoms with E-state index in [2.05, 4.69) is 5.43 Å². The van der Waals surface area contributed by atoms with Gasteiger partial charge in [-0.1, -0.05) is 24.3 Å². The number of anilines is 1. The van der Waals surface area contributed by atoms with Crippen LogP contribution >= 0.6 is 0 Å². The van der Waals surface area contributed by atoms with Crippen LogP contribution in [0.3, 0.4) is 0 Å². The van der Waals surface area contributed by atoms with Crippen molar-refractivity contribution in [3.05, 3.63) is 89.0 Å². The molecule has 1 aliphatic rings. The fourth-order valence-corrected chi connectivity index (χ4v) is 4.10. The summed E-state index contributed by atoms with van der Waals surface area (Å²) >= 11 is 0. The predicted octanol–water partition coefficient (Wildman–Crippen LogP) is 3.44. The van der Waals surface area contributed by atoms with Crippen molar-refractivity contribution in [2.75, 3.05) is 19.1 Å². The number of nitrogens with zero attached hydrogens (tertiary/aromatic N) is 2. The minimum atomic E-state index is -1.25. The summed E-state index contributed by atoms with van der Waals surface area (Å²) in [6.07, 6.45) is -0.292. The molecule has 37 heavy (non-hydrogen) atoms. The van der Waals surface area contributed by atoms with E-state index in [1.807, 2.05) is 19.9 Å². The number of rotatable bonds is 6. The Bertz CT molecular complexity index is 1370. The van der Waals surface area contributed by atoms with Gasteiger partial charge in [-0.25, -0.2) is 9.91 Å². The van der Waals surface area contributed by atoms with E-state index in [0.29, 0.717) is 17.2 Å². The molecule has 0 spiro atoms. The highest BCUT2D eigenvalue weighted by Crippen LogP contribution is 2.30. The Labute approximate surface area is 214 Å². The molecule has 0 bridgehead atoms. The lowest BCUT2D eigenvalue weighted by Crippen LogP contribution is -2.54. The number of amides is 4. The zero-order valence-corrected chi connectivity index (χ0v) is 21.0. The van der Waals surface area contributed by atoms with Crippen molar-refractivity contribution < 1.29 is 28.7 Å². The molecular weight excluding hydrogens is 474 g/mol. The fraction of sp³-hybridized carbons (Fsp3) is 0.214. The third-order valence-corrected chi connectivity index (χ3v) is 6.29. The van der Waals surface area contributed by atoms with Crippen molar-refractivity contribution in [3.8, 4) is 11.5 Å². The van der Waals surface area contributed by atoms with Crippen LogP contribution in [0.4, 0.5) is 5.69 Å². The smallest absolute Gasteiger partial charge is 0.273 e. The van der Waals surface area contributed by atoms with Gasteiger partial charge in [-0.05, 0) is 67.4 Å². The Morgan fingerprint density at radius 1 is 0.865 bits per heavy atom. The SMILES string of the molecule is COc1ccc(C(=O)N(NC(=O)c2ccccc2)C2CC(=O)N(c3ccc(C)c(C)c3)C2=O)cc1OC. The first kappa shape index (κ1) is 25.4. The molecule has 3 aromatic rings. The number of hydrogen-bond donors (Lipinski definition) is 1. The van der Waals surface area contributed by atoms with Crippen LogP contribution in [0.15, 0.2) is 66.7 Å². The normalized spacial score (nSPS) is 14.9. The van der Waals surface area contributed by atoms with Gasteiger partial charge in [-0.15, -0.1) is 0 Å². The van der Waals surface area contributed by atoms with Crippen LogP contribution in [-0.4, -0.2) is 48.9 Å². The molecule has 1 aliphatic heterocycles. The number of hydrazine groups is 1. The third-order valence-electron chi connectivity index (χ3n) is 6.29. The molecule has 1 fully saturated rings. The lowest BCUT2D eigenvalue weighted by molar-refractivity contribution is -0.122. The summed E-state index contributed by atoms with van der Waals surface area (Å²) in [5, 5.41) is 0.928. The number of imide groups is 1. The van der Waals surface area contributed by atoms with E-state index in [1.54, 1.807) is 48.5 Å². The summed E-state index contributed by atoms with van der Waals surface area (Å²) in [6, 6.07) is 16.8. The first-order chi connectivity index (χ1) is 17.7. The summed E-state index contributed by atoms with van der Waals surface area (Å²) < 4.78 is 10.5. The molecule has 4 rings (SSSR count). The Morgan fingerprint density at radius 2 is 1.57 bits per heavy atom. The van der Waals surface area contributed by atoms with Crippen LogP contribution in [0.5, 0.6) is 11.5 Å². The van der Waals surface area contributed by atoms with E-state index < -0.39 is 29.7 Å². The van der Waals surface area contributed by atoms with Crippen LogP contribution < -0.4 is 19.8 Å². The van der Waals surface area contributed by atoms with Gasteiger partial charge in [-0.3, -0.25) is 24.6 Å². The number of benzene rings is 3. The van der Waals surface area contributed by atoms with Gasteiger partial charge >= 0.3 is 0 Å². The highest BCUT2D eigenvalue weighted by molar-refractivity contribution is 6.23. The molecule has 190 valence electrons. The number of methoxy groups -OCH3 is 2. The van der Waals surface area contributed by atoms with E-state index in [4.69, 9.17) is 9.47 Å². The van der Waals surface area contributed by atoms with Crippen molar-refractivity contribution >= 4 is 29.3 Å². The number of aryl methyl sites for hydroxylation is 2. The molecule has 4 amide bonds. The molecule has 9 nitrogen and oxygen atoms in total. The molecule has 3 aromatic carbocycles. The largest absolute Gasteiger partial charge is 0.493 e. The molecular formula is C28H27N3O6. The average molecular weight is 502 g/mol. The molecule has 0 radical (unpaired) electrons. The third kappa shape index (κ3) is 5.02. The van der Waals surface area contributed by atoms with Gasteiger partial charge in [0.25, 0.3) is 17.7 Å². The first-order valence-electron chi connectivity index (χ1n) is 11.6. The lowest BCUT2D eigenvalue weighted by atomic mass is 10.1. The minimum absolute atomic E-state index is 0.135. The molecule has 0 aromatic heterocycles. The van der Waals surface area contributed by atoms with Gasteiger partial charge < -0.3 is 9.47 Å². The number of ether oxygens (including phenoxy) is 2. The summed E-state index contributed by atoms with van der Waals surface area (Å²) in [5.74, 6) is -1.66. The van der Waals surface area contributed by atoms with Crippen molar-refractivity contribution in [1.82, 2.24) is 10.4 Å². The number of carbonyl (C=O) groups is 4. The maximum absolute atomic E-state index is 13.7. The average Bonchev–Trinajstić information content (AvgIpc) is 3.21. The molecule has 1 unspecified atom stereocenters. The monoisotopic (exact) mass is 501 g/mol. The Hall–Kier alpha value is -4.66. The fourth-order valence-electron chi connectivity index (χ4n) is 4.10. The van der Waals surface area contributed by atoms with Gasteiger partial charge in [0, 0.05) is 11.1 Å². The van der Waals surface area contributed by atoms with Crippen molar-refractivity contribution in [2.24, 2.45) is 0 Å².